The maximum absolute atomic E-state index is 12.6. The van der Waals surface area contributed by atoms with Crippen LogP contribution in [-0.4, -0.2) is 41.4 Å². The van der Waals surface area contributed by atoms with Gasteiger partial charge in [-0.2, -0.15) is 0 Å². The summed E-state index contributed by atoms with van der Waals surface area (Å²) in [5, 5.41) is 22.2. The smallest absolute Gasteiger partial charge is 0.249 e. The molecule has 2 unspecified atom stereocenters. The number of rotatable bonds is 4. The summed E-state index contributed by atoms with van der Waals surface area (Å²) < 4.78 is 0. The highest BCUT2D eigenvalue weighted by Gasteiger charge is 2.33. The number of anilines is 2. The summed E-state index contributed by atoms with van der Waals surface area (Å²) >= 11 is 0. The molecular weight excluding hydrogens is 280 g/mol. The van der Waals surface area contributed by atoms with E-state index in [1.165, 1.54) is 24.0 Å². The summed E-state index contributed by atoms with van der Waals surface area (Å²) in [6, 6.07) is 3.99. The van der Waals surface area contributed by atoms with Crippen LogP contribution in [0.4, 0.5) is 11.4 Å². The van der Waals surface area contributed by atoms with Crippen molar-refractivity contribution < 1.29 is 15.0 Å². The molecule has 0 saturated heterocycles. The Hall–Kier alpha value is -1.59. The molecule has 1 heterocycles. The third-order valence-electron chi connectivity index (χ3n) is 4.66. The van der Waals surface area contributed by atoms with Crippen molar-refractivity contribution in [3.63, 3.8) is 0 Å². The zero-order valence-corrected chi connectivity index (χ0v) is 13.0. The monoisotopic (exact) mass is 304 g/mol. The second-order valence-electron chi connectivity index (χ2n) is 6.24. The van der Waals surface area contributed by atoms with Crippen molar-refractivity contribution in [1.29, 1.82) is 0 Å². The van der Waals surface area contributed by atoms with Gasteiger partial charge in [-0.25, -0.2) is 0 Å². The number of carbonyl (C=O) groups excluding carboxylic acids is 1. The highest BCUT2D eigenvalue weighted by Crippen LogP contribution is 2.37. The molecule has 1 amide bonds. The molecule has 1 aliphatic carbocycles. The van der Waals surface area contributed by atoms with Gasteiger partial charge < -0.3 is 20.4 Å². The topological polar surface area (TPSA) is 72.8 Å². The average Bonchev–Trinajstić information content (AvgIpc) is 2.55. The van der Waals surface area contributed by atoms with Crippen LogP contribution in [-0.2, 0) is 17.6 Å². The van der Waals surface area contributed by atoms with E-state index in [9.17, 15) is 9.90 Å². The first-order valence-corrected chi connectivity index (χ1v) is 8.16. The second-order valence-corrected chi connectivity index (χ2v) is 6.24. The molecule has 3 N–H and O–H groups in total. The summed E-state index contributed by atoms with van der Waals surface area (Å²) in [7, 11) is 0. The van der Waals surface area contributed by atoms with Gasteiger partial charge in [-0.1, -0.05) is 6.92 Å². The van der Waals surface area contributed by atoms with E-state index < -0.39 is 6.10 Å². The van der Waals surface area contributed by atoms with Gasteiger partial charge in [-0.15, -0.1) is 0 Å². The molecule has 1 aromatic rings. The summed E-state index contributed by atoms with van der Waals surface area (Å²) in [5.74, 6) is -0.0294. The Labute approximate surface area is 130 Å². The molecule has 1 aliphatic heterocycles. The molecule has 0 spiro atoms. The fraction of sp³-hybridized carbons (Fsp3) is 0.588. The van der Waals surface area contributed by atoms with Crippen molar-refractivity contribution in [3.8, 4) is 0 Å². The Morgan fingerprint density at radius 1 is 1.32 bits per heavy atom. The van der Waals surface area contributed by atoms with Crippen molar-refractivity contribution in [3.05, 3.63) is 23.3 Å². The second kappa shape index (κ2) is 6.26. The van der Waals surface area contributed by atoms with Gasteiger partial charge >= 0.3 is 0 Å². The van der Waals surface area contributed by atoms with Gasteiger partial charge in [0.1, 0.15) is 6.04 Å². The Morgan fingerprint density at radius 2 is 2.00 bits per heavy atom. The van der Waals surface area contributed by atoms with E-state index in [-0.39, 0.29) is 25.1 Å². The summed E-state index contributed by atoms with van der Waals surface area (Å²) in [4.78, 5) is 14.2. The molecule has 0 aromatic heterocycles. The molecule has 3 rings (SSSR count). The fourth-order valence-electron chi connectivity index (χ4n) is 3.40. The van der Waals surface area contributed by atoms with Gasteiger partial charge in [-0.3, -0.25) is 4.79 Å². The van der Waals surface area contributed by atoms with Crippen LogP contribution in [0.15, 0.2) is 12.1 Å². The number of carbonyl (C=O) groups is 1. The standard InChI is InChI=1S/C17H24N2O3/c1-2-14-17(22)19(9-13(21)10-20)16-8-12-6-4-3-5-11(12)7-15(16)18-14/h7-8,13-14,18,20-21H,2-6,9-10H2,1H3. The maximum atomic E-state index is 12.6. The summed E-state index contributed by atoms with van der Waals surface area (Å²) in [5.41, 5.74) is 4.47. The Kier molecular flexibility index (Phi) is 4.36. The Morgan fingerprint density at radius 3 is 2.64 bits per heavy atom. The van der Waals surface area contributed by atoms with Gasteiger partial charge in [0, 0.05) is 0 Å². The molecule has 22 heavy (non-hydrogen) atoms. The van der Waals surface area contributed by atoms with Gasteiger partial charge in [-0.05, 0) is 55.4 Å². The van der Waals surface area contributed by atoms with E-state index in [2.05, 4.69) is 17.4 Å². The van der Waals surface area contributed by atoms with Gasteiger partial charge in [0.2, 0.25) is 5.91 Å². The van der Waals surface area contributed by atoms with Crippen LogP contribution in [0.5, 0.6) is 0 Å². The third-order valence-corrected chi connectivity index (χ3v) is 4.66. The van der Waals surface area contributed by atoms with E-state index in [1.54, 1.807) is 4.90 Å². The van der Waals surface area contributed by atoms with Gasteiger partial charge in [0.25, 0.3) is 0 Å². The normalized spacial score (nSPS) is 21.9. The number of aryl methyl sites for hydroxylation is 2. The molecule has 5 heteroatoms. The number of hydrogen-bond acceptors (Lipinski definition) is 4. The molecular formula is C17H24N2O3. The number of amides is 1. The van der Waals surface area contributed by atoms with Crippen LogP contribution in [0.25, 0.3) is 0 Å². The Bertz CT molecular complexity index is 573. The SMILES string of the molecule is CCC1Nc2cc3c(cc2N(CC(O)CO)C1=O)CCCC3. The molecule has 5 nitrogen and oxygen atoms in total. The largest absolute Gasteiger partial charge is 0.394 e. The fourth-order valence-corrected chi connectivity index (χ4v) is 3.40. The Balaban J connectivity index is 2.01. The summed E-state index contributed by atoms with van der Waals surface area (Å²) in [6.45, 7) is 1.77. The van der Waals surface area contributed by atoms with Crippen LogP contribution in [0.2, 0.25) is 0 Å². The van der Waals surface area contributed by atoms with Crippen molar-refractivity contribution in [2.75, 3.05) is 23.4 Å². The lowest BCUT2D eigenvalue weighted by Gasteiger charge is -2.37. The quantitative estimate of drug-likeness (QED) is 0.787. The molecule has 0 radical (unpaired) electrons. The first-order chi connectivity index (χ1) is 10.6. The minimum Gasteiger partial charge on any atom is -0.394 e. The van der Waals surface area contributed by atoms with Crippen LogP contribution < -0.4 is 10.2 Å². The third kappa shape index (κ3) is 2.71. The average molecular weight is 304 g/mol. The highest BCUT2D eigenvalue weighted by atomic mass is 16.3. The minimum absolute atomic E-state index is 0.0294. The van der Waals surface area contributed by atoms with Gasteiger partial charge in [0.15, 0.2) is 0 Å². The number of fused-ring (bicyclic) bond motifs is 2. The van der Waals surface area contributed by atoms with Crippen molar-refractivity contribution in [2.45, 2.75) is 51.2 Å². The molecule has 0 fully saturated rings. The highest BCUT2D eigenvalue weighted by molar-refractivity contribution is 6.05. The van der Waals surface area contributed by atoms with E-state index in [0.29, 0.717) is 6.42 Å². The number of nitrogens with one attached hydrogen (secondary N) is 1. The van der Waals surface area contributed by atoms with Crippen LogP contribution in [0.3, 0.4) is 0 Å². The molecule has 0 bridgehead atoms. The van der Waals surface area contributed by atoms with Gasteiger partial charge in [0.05, 0.1) is 30.6 Å². The number of nitrogens with zero attached hydrogens (tertiary/aromatic N) is 1. The molecule has 120 valence electrons. The van der Waals surface area contributed by atoms with E-state index in [0.717, 1.165) is 24.2 Å². The van der Waals surface area contributed by atoms with E-state index >= 15 is 0 Å². The number of benzene rings is 1. The van der Waals surface area contributed by atoms with Crippen molar-refractivity contribution >= 4 is 17.3 Å². The lowest BCUT2D eigenvalue weighted by atomic mass is 9.89. The maximum Gasteiger partial charge on any atom is 0.249 e. The first kappa shape index (κ1) is 15.3. The molecule has 2 atom stereocenters. The predicted molar refractivity (Wildman–Crippen MR) is 86.2 cm³/mol. The zero-order chi connectivity index (χ0) is 15.7. The molecule has 2 aliphatic rings. The van der Waals surface area contributed by atoms with Crippen LogP contribution in [0, 0.1) is 0 Å². The molecule has 0 saturated carbocycles. The lowest BCUT2D eigenvalue weighted by molar-refractivity contribution is -0.120. The van der Waals surface area contributed by atoms with Crippen LogP contribution >= 0.6 is 0 Å². The summed E-state index contributed by atoms with van der Waals surface area (Å²) in [6.07, 6.45) is 4.32. The van der Waals surface area contributed by atoms with E-state index in [1.807, 2.05) is 6.92 Å². The zero-order valence-electron chi connectivity index (χ0n) is 13.0. The van der Waals surface area contributed by atoms with Crippen molar-refractivity contribution in [2.24, 2.45) is 0 Å². The van der Waals surface area contributed by atoms with Crippen LogP contribution in [0.1, 0.15) is 37.3 Å². The predicted octanol–water partition coefficient (Wildman–Crippen LogP) is 1.46. The minimum atomic E-state index is -0.913. The number of aliphatic hydroxyl groups excluding tert-OH is 2. The number of aliphatic hydroxyl groups is 2. The number of hydrogen-bond donors (Lipinski definition) is 3. The van der Waals surface area contributed by atoms with Crippen molar-refractivity contribution in [1.82, 2.24) is 0 Å². The molecule has 1 aromatic carbocycles. The van der Waals surface area contributed by atoms with E-state index in [4.69, 9.17) is 5.11 Å². The number of β-amino-alcohol motifs (C(OH)–C–C–N with tert-alkyl or cyclic N) is 1. The lowest BCUT2D eigenvalue weighted by Crippen LogP contribution is -2.50. The first-order valence-electron chi connectivity index (χ1n) is 8.16.